The van der Waals surface area contributed by atoms with E-state index < -0.39 is 14.0 Å². The molecule has 0 aromatic rings. The van der Waals surface area contributed by atoms with Gasteiger partial charge >= 0.3 is 14.0 Å². The van der Waals surface area contributed by atoms with Gasteiger partial charge in [-0.3, -0.25) is 9.05 Å². The first-order valence-corrected chi connectivity index (χ1v) is 4.03. The lowest BCUT2D eigenvalue weighted by atomic mass is 11.4. The fourth-order valence-electron chi connectivity index (χ4n) is 0.278. The summed E-state index contributed by atoms with van der Waals surface area (Å²) in [7, 11) is -0.466. The molecule has 0 heterocycles. The minimum atomic E-state index is -3.73. The highest BCUT2D eigenvalue weighted by Crippen LogP contribution is 2.47. The maximum Gasteiger partial charge on any atom is 0.534 e. The highest BCUT2D eigenvalue weighted by molar-refractivity contribution is 7.49. The molecule has 0 aromatic heterocycles. The normalized spacial score (nSPS) is 10.8. The van der Waals surface area contributed by atoms with Crippen molar-refractivity contribution in [3.05, 3.63) is 0 Å². The van der Waals surface area contributed by atoms with Crippen molar-refractivity contribution in [2.45, 2.75) is 0 Å². The summed E-state index contributed by atoms with van der Waals surface area (Å²) in [6.45, 7) is 0. The highest BCUT2D eigenvalue weighted by Gasteiger charge is 2.28. The van der Waals surface area contributed by atoms with E-state index in [1.54, 1.807) is 0 Å². The molecule has 0 saturated carbocycles. The van der Waals surface area contributed by atoms with Crippen molar-refractivity contribution in [2.75, 3.05) is 21.3 Å². The Kier molecular flexibility index (Phi) is 4.10. The Hall–Kier alpha value is -0.580. The van der Waals surface area contributed by atoms with Crippen LogP contribution in [0.3, 0.4) is 0 Å². The summed E-state index contributed by atoms with van der Waals surface area (Å²) in [6, 6.07) is 0. The Labute approximate surface area is 64.0 Å². The zero-order valence-corrected chi connectivity index (χ0v) is 7.29. The third kappa shape index (κ3) is 3.36. The number of hydrogen-bond acceptors (Lipinski definition) is 6. The molecule has 0 unspecified atom stereocenters. The van der Waals surface area contributed by atoms with Crippen LogP contribution < -0.4 is 0 Å². The van der Waals surface area contributed by atoms with Crippen LogP contribution in [0.25, 0.3) is 0 Å². The Balaban J connectivity index is 4.09. The predicted molar refractivity (Wildman–Crippen MR) is 35.1 cm³/mol. The van der Waals surface area contributed by atoms with Gasteiger partial charge in [-0.15, -0.1) is 0 Å². The molecular formula is C4H9O6P. The van der Waals surface area contributed by atoms with Gasteiger partial charge in [0.2, 0.25) is 0 Å². The molecule has 11 heavy (non-hydrogen) atoms. The summed E-state index contributed by atoms with van der Waals surface area (Å²) in [5.74, 6) is 0. The Morgan fingerprint density at radius 3 is 1.91 bits per heavy atom. The molecule has 0 amide bonds. The van der Waals surface area contributed by atoms with E-state index in [9.17, 15) is 9.36 Å². The van der Waals surface area contributed by atoms with Crippen molar-refractivity contribution in [3.63, 3.8) is 0 Å². The average Bonchev–Trinajstić information content (AvgIpc) is 2.04. The standard InChI is InChI=1S/C4H9O6P/c1-7-4(5)10-11(6,8-2)9-3/h1-3H3. The number of hydrogen-bond donors (Lipinski definition) is 0. The van der Waals surface area contributed by atoms with E-state index in [2.05, 4.69) is 18.3 Å². The van der Waals surface area contributed by atoms with Gasteiger partial charge in [0.05, 0.1) is 7.11 Å². The zero-order chi connectivity index (χ0) is 8.91. The number of rotatable bonds is 3. The van der Waals surface area contributed by atoms with E-state index in [0.717, 1.165) is 21.3 Å². The number of methoxy groups -OCH3 is 1. The predicted octanol–water partition coefficient (Wildman–Crippen LogP) is 1.17. The first-order valence-electron chi connectivity index (χ1n) is 2.57. The molecule has 0 radical (unpaired) electrons. The van der Waals surface area contributed by atoms with Gasteiger partial charge in [-0.05, 0) is 0 Å². The van der Waals surface area contributed by atoms with Crippen LogP contribution in [0.15, 0.2) is 0 Å². The molecule has 0 aliphatic carbocycles. The molecule has 0 bridgehead atoms. The third-order valence-electron chi connectivity index (χ3n) is 0.800. The van der Waals surface area contributed by atoms with E-state index in [1.807, 2.05) is 0 Å². The fraction of sp³-hybridized carbons (Fsp3) is 0.750. The average molecular weight is 184 g/mol. The van der Waals surface area contributed by atoms with Crippen molar-refractivity contribution in [3.8, 4) is 0 Å². The number of phosphoric acid groups is 1. The van der Waals surface area contributed by atoms with Crippen LogP contribution in [-0.4, -0.2) is 27.5 Å². The molecule has 0 atom stereocenters. The minimum absolute atomic E-state index is 1.08. The molecule has 66 valence electrons. The van der Waals surface area contributed by atoms with Crippen molar-refractivity contribution in [1.29, 1.82) is 0 Å². The second-order valence-corrected chi connectivity index (χ2v) is 3.17. The largest absolute Gasteiger partial charge is 0.534 e. The molecule has 0 N–H and O–H groups in total. The summed E-state index contributed by atoms with van der Waals surface area (Å²) in [5, 5.41) is 0. The summed E-state index contributed by atoms with van der Waals surface area (Å²) >= 11 is 0. The van der Waals surface area contributed by atoms with Crippen molar-refractivity contribution >= 4 is 14.0 Å². The smallest absolute Gasteiger partial charge is 0.437 e. The first-order chi connectivity index (χ1) is 5.08. The molecule has 7 heteroatoms. The highest BCUT2D eigenvalue weighted by atomic mass is 31.2. The molecule has 6 nitrogen and oxygen atoms in total. The van der Waals surface area contributed by atoms with E-state index in [0.29, 0.717) is 0 Å². The monoisotopic (exact) mass is 184 g/mol. The summed E-state index contributed by atoms with van der Waals surface area (Å²) < 4.78 is 27.7. The second kappa shape index (κ2) is 4.33. The lowest BCUT2D eigenvalue weighted by molar-refractivity contribution is 0.0955. The van der Waals surface area contributed by atoms with Crippen molar-refractivity contribution < 1.29 is 27.7 Å². The second-order valence-electron chi connectivity index (χ2n) is 1.36. The molecule has 0 fully saturated rings. The summed E-state index contributed by atoms with van der Waals surface area (Å²) in [6.07, 6.45) is -1.11. The molecule has 0 aliphatic heterocycles. The Morgan fingerprint density at radius 2 is 1.64 bits per heavy atom. The molecule has 0 rings (SSSR count). The van der Waals surface area contributed by atoms with Crippen LogP contribution >= 0.6 is 7.82 Å². The Bertz CT molecular complexity index is 169. The first kappa shape index (κ1) is 10.4. The fourth-order valence-corrected chi connectivity index (χ4v) is 0.833. The number of ether oxygens (including phenoxy) is 1. The number of carbonyl (C=O) groups is 1. The molecule has 0 saturated heterocycles. The van der Waals surface area contributed by atoms with Gasteiger partial charge in [-0.1, -0.05) is 0 Å². The van der Waals surface area contributed by atoms with E-state index >= 15 is 0 Å². The third-order valence-corrected chi connectivity index (χ3v) is 2.07. The van der Waals surface area contributed by atoms with E-state index in [1.165, 1.54) is 0 Å². The summed E-state index contributed by atoms with van der Waals surface area (Å²) in [5.41, 5.74) is 0. The van der Waals surface area contributed by atoms with Gasteiger partial charge in [-0.2, -0.15) is 0 Å². The van der Waals surface area contributed by atoms with Crippen LogP contribution in [-0.2, 0) is 22.9 Å². The number of carbonyl (C=O) groups excluding carboxylic acids is 1. The quantitative estimate of drug-likeness (QED) is 0.484. The minimum Gasteiger partial charge on any atom is -0.437 e. The molecular weight excluding hydrogens is 175 g/mol. The van der Waals surface area contributed by atoms with Crippen LogP contribution in [0, 0.1) is 0 Å². The number of phosphoric ester groups is 1. The lowest BCUT2D eigenvalue weighted by Gasteiger charge is -2.10. The summed E-state index contributed by atoms with van der Waals surface area (Å²) in [4.78, 5) is 10.4. The zero-order valence-electron chi connectivity index (χ0n) is 6.40. The van der Waals surface area contributed by atoms with Gasteiger partial charge in [0, 0.05) is 14.2 Å². The van der Waals surface area contributed by atoms with E-state index in [-0.39, 0.29) is 0 Å². The van der Waals surface area contributed by atoms with E-state index in [4.69, 9.17) is 0 Å². The van der Waals surface area contributed by atoms with Gasteiger partial charge < -0.3 is 9.26 Å². The van der Waals surface area contributed by atoms with Crippen LogP contribution in [0.5, 0.6) is 0 Å². The molecule has 0 aromatic carbocycles. The van der Waals surface area contributed by atoms with Crippen LogP contribution in [0.4, 0.5) is 4.79 Å². The van der Waals surface area contributed by atoms with Crippen LogP contribution in [0.2, 0.25) is 0 Å². The lowest BCUT2D eigenvalue weighted by Crippen LogP contribution is -2.04. The Morgan fingerprint density at radius 1 is 1.18 bits per heavy atom. The van der Waals surface area contributed by atoms with Crippen LogP contribution in [0.1, 0.15) is 0 Å². The maximum absolute atomic E-state index is 11.0. The molecule has 0 spiro atoms. The van der Waals surface area contributed by atoms with Gasteiger partial charge in [0.1, 0.15) is 0 Å². The van der Waals surface area contributed by atoms with Crippen molar-refractivity contribution in [1.82, 2.24) is 0 Å². The maximum atomic E-state index is 11.0. The topological polar surface area (TPSA) is 71.1 Å². The van der Waals surface area contributed by atoms with Gasteiger partial charge in [0.15, 0.2) is 0 Å². The molecule has 0 aliphatic rings. The van der Waals surface area contributed by atoms with Crippen molar-refractivity contribution in [2.24, 2.45) is 0 Å². The van der Waals surface area contributed by atoms with Gasteiger partial charge in [0.25, 0.3) is 0 Å². The SMILES string of the molecule is COC(=O)OP(=O)(OC)OC. The van der Waals surface area contributed by atoms with Gasteiger partial charge in [-0.25, -0.2) is 9.36 Å².